The van der Waals surface area contributed by atoms with E-state index in [4.69, 9.17) is 5.73 Å². The lowest BCUT2D eigenvalue weighted by molar-refractivity contribution is 0.0994. The molecule has 0 aliphatic carbocycles. The van der Waals surface area contributed by atoms with Crippen LogP contribution in [-0.4, -0.2) is 27.6 Å². The molecule has 3 N–H and O–H groups in total. The van der Waals surface area contributed by atoms with Gasteiger partial charge in [-0.15, -0.1) is 21.5 Å². The van der Waals surface area contributed by atoms with Gasteiger partial charge in [-0.2, -0.15) is 0 Å². The van der Waals surface area contributed by atoms with Gasteiger partial charge in [0.25, 0.3) is 5.91 Å². The van der Waals surface area contributed by atoms with E-state index in [1.807, 2.05) is 0 Å². The molecule has 0 bridgehead atoms. The van der Waals surface area contributed by atoms with Gasteiger partial charge in [0.05, 0.1) is 10.7 Å². The van der Waals surface area contributed by atoms with E-state index >= 15 is 0 Å². The second kappa shape index (κ2) is 6.17. The van der Waals surface area contributed by atoms with Gasteiger partial charge in [0, 0.05) is 23.8 Å². The summed E-state index contributed by atoms with van der Waals surface area (Å²) >= 11 is 1.69. The van der Waals surface area contributed by atoms with Crippen molar-refractivity contribution in [1.82, 2.24) is 15.2 Å². The second-order valence-electron chi connectivity index (χ2n) is 5.74. The summed E-state index contributed by atoms with van der Waals surface area (Å²) < 4.78 is 0. The lowest BCUT2D eigenvalue weighted by atomic mass is 9.98. The molecule has 0 radical (unpaired) electrons. The summed E-state index contributed by atoms with van der Waals surface area (Å²) in [6.07, 6.45) is 0.811. The Balaban J connectivity index is 1.86. The number of hydrogen-bond donors (Lipinski definition) is 2. The number of thiazole rings is 1. The second-order valence-corrected chi connectivity index (χ2v) is 6.60. The van der Waals surface area contributed by atoms with Gasteiger partial charge in [-0.25, -0.2) is 4.98 Å². The number of nitrogens with one attached hydrogen (secondary N) is 1. The quantitative estimate of drug-likeness (QED) is 0.881. The molecule has 2 aromatic heterocycles. The molecule has 2 aromatic rings. The number of aromatic nitrogens is 3. The van der Waals surface area contributed by atoms with E-state index in [1.165, 1.54) is 0 Å². The fourth-order valence-electron chi connectivity index (χ4n) is 1.64. The van der Waals surface area contributed by atoms with E-state index in [0.717, 1.165) is 17.1 Å². The van der Waals surface area contributed by atoms with Crippen molar-refractivity contribution >= 4 is 23.1 Å². The first-order chi connectivity index (χ1) is 9.86. The summed E-state index contributed by atoms with van der Waals surface area (Å²) in [5, 5.41) is 14.0. The van der Waals surface area contributed by atoms with Gasteiger partial charge in [0.15, 0.2) is 5.69 Å². The fourth-order valence-corrected chi connectivity index (χ4v) is 2.58. The highest BCUT2D eigenvalue weighted by molar-refractivity contribution is 7.09. The number of nitrogens with zero attached hydrogens (tertiary/aromatic N) is 3. The van der Waals surface area contributed by atoms with Gasteiger partial charge < -0.3 is 11.1 Å². The number of carbonyl (C=O) groups excluding carboxylic acids is 1. The smallest absolute Gasteiger partial charge is 0.269 e. The van der Waals surface area contributed by atoms with E-state index in [1.54, 1.807) is 23.5 Å². The Bertz CT molecular complexity index is 615. The Hall–Kier alpha value is -2.02. The Morgan fingerprint density at radius 3 is 2.62 bits per heavy atom. The van der Waals surface area contributed by atoms with Crippen LogP contribution < -0.4 is 11.1 Å². The van der Waals surface area contributed by atoms with E-state index < -0.39 is 5.91 Å². The number of nitrogens with two attached hydrogens (primary N) is 1. The highest BCUT2D eigenvalue weighted by Crippen LogP contribution is 2.25. The van der Waals surface area contributed by atoms with Crippen LogP contribution in [0.4, 0.5) is 5.82 Å². The van der Waals surface area contributed by atoms with Gasteiger partial charge in [-0.1, -0.05) is 20.8 Å². The molecule has 0 aromatic carbocycles. The molecule has 112 valence electrons. The first-order valence-corrected chi connectivity index (χ1v) is 7.56. The van der Waals surface area contributed by atoms with E-state index in [2.05, 4.69) is 46.6 Å². The van der Waals surface area contributed by atoms with Crippen LogP contribution >= 0.6 is 11.3 Å². The minimum Gasteiger partial charge on any atom is -0.368 e. The minimum absolute atomic E-state index is 0.0897. The van der Waals surface area contributed by atoms with Crippen LogP contribution in [0.2, 0.25) is 0 Å². The summed E-state index contributed by atoms with van der Waals surface area (Å²) in [5.41, 5.74) is 6.43. The van der Waals surface area contributed by atoms with Gasteiger partial charge in [-0.3, -0.25) is 4.79 Å². The summed E-state index contributed by atoms with van der Waals surface area (Å²) in [5.74, 6) is 0.0394. The van der Waals surface area contributed by atoms with Crippen molar-refractivity contribution in [3.63, 3.8) is 0 Å². The molecule has 0 unspecified atom stereocenters. The van der Waals surface area contributed by atoms with Gasteiger partial charge in [-0.05, 0) is 12.1 Å². The third-order valence-corrected chi connectivity index (χ3v) is 4.11. The molecule has 0 aliphatic heterocycles. The van der Waals surface area contributed by atoms with E-state index in [0.29, 0.717) is 12.4 Å². The molecule has 1 amide bonds. The van der Waals surface area contributed by atoms with Crippen LogP contribution in [-0.2, 0) is 11.8 Å². The summed E-state index contributed by atoms with van der Waals surface area (Å²) in [4.78, 5) is 15.5. The third-order valence-electron chi connectivity index (χ3n) is 2.80. The van der Waals surface area contributed by atoms with Crippen LogP contribution in [0.15, 0.2) is 17.5 Å². The molecule has 6 nitrogen and oxygen atoms in total. The minimum atomic E-state index is -0.578. The van der Waals surface area contributed by atoms with E-state index in [9.17, 15) is 4.79 Å². The van der Waals surface area contributed by atoms with Crippen LogP contribution in [0.3, 0.4) is 0 Å². The zero-order chi connectivity index (χ0) is 15.5. The number of rotatable bonds is 5. The standard InChI is InChI=1S/C14H19N5OS/c1-14(2,3)13-17-9(8-21-13)6-7-16-11-5-4-10(12(15)20)18-19-11/h4-5,8H,6-7H2,1-3H3,(H2,15,20)(H,16,19). The van der Waals surface area contributed by atoms with Crippen molar-refractivity contribution in [2.24, 2.45) is 5.73 Å². The zero-order valence-electron chi connectivity index (χ0n) is 12.4. The van der Waals surface area contributed by atoms with Crippen molar-refractivity contribution < 1.29 is 4.79 Å². The Morgan fingerprint density at radius 2 is 2.10 bits per heavy atom. The Morgan fingerprint density at radius 1 is 1.33 bits per heavy atom. The van der Waals surface area contributed by atoms with Crippen molar-refractivity contribution in [2.75, 3.05) is 11.9 Å². The maximum atomic E-state index is 10.9. The summed E-state index contributed by atoms with van der Waals surface area (Å²) in [7, 11) is 0. The molecule has 0 saturated heterocycles. The summed E-state index contributed by atoms with van der Waals surface area (Å²) in [6, 6.07) is 3.24. The van der Waals surface area contributed by atoms with Crippen LogP contribution in [0.5, 0.6) is 0 Å². The highest BCUT2D eigenvalue weighted by Gasteiger charge is 2.17. The number of carbonyl (C=O) groups is 1. The first-order valence-electron chi connectivity index (χ1n) is 6.68. The largest absolute Gasteiger partial charge is 0.368 e. The number of anilines is 1. The van der Waals surface area contributed by atoms with Crippen molar-refractivity contribution in [2.45, 2.75) is 32.6 Å². The molecular weight excluding hydrogens is 286 g/mol. The highest BCUT2D eigenvalue weighted by atomic mass is 32.1. The monoisotopic (exact) mass is 305 g/mol. The molecular formula is C14H19N5OS. The van der Waals surface area contributed by atoms with E-state index in [-0.39, 0.29) is 11.1 Å². The molecule has 0 fully saturated rings. The molecule has 0 atom stereocenters. The zero-order valence-corrected chi connectivity index (χ0v) is 13.2. The fraction of sp³-hybridized carbons (Fsp3) is 0.429. The van der Waals surface area contributed by atoms with Gasteiger partial charge >= 0.3 is 0 Å². The molecule has 0 saturated carbocycles. The predicted molar refractivity (Wildman–Crippen MR) is 83.6 cm³/mol. The molecule has 0 spiro atoms. The lowest BCUT2D eigenvalue weighted by Crippen LogP contribution is -2.15. The van der Waals surface area contributed by atoms with Crippen LogP contribution in [0.1, 0.15) is 42.0 Å². The van der Waals surface area contributed by atoms with Crippen molar-refractivity contribution in [3.8, 4) is 0 Å². The van der Waals surface area contributed by atoms with Crippen molar-refractivity contribution in [3.05, 3.63) is 33.9 Å². The maximum Gasteiger partial charge on any atom is 0.269 e. The predicted octanol–water partition coefficient (Wildman–Crippen LogP) is 1.98. The molecule has 2 heterocycles. The molecule has 7 heteroatoms. The van der Waals surface area contributed by atoms with Gasteiger partial charge in [0.1, 0.15) is 5.82 Å². The first kappa shape index (κ1) is 15.4. The number of primary amides is 1. The SMILES string of the molecule is CC(C)(C)c1nc(CCNc2ccc(C(N)=O)nn2)cs1. The average molecular weight is 305 g/mol. The number of hydrogen-bond acceptors (Lipinski definition) is 6. The number of amides is 1. The lowest BCUT2D eigenvalue weighted by Gasteiger charge is -2.13. The van der Waals surface area contributed by atoms with Crippen LogP contribution in [0.25, 0.3) is 0 Å². The Kier molecular flexibility index (Phi) is 4.52. The van der Waals surface area contributed by atoms with Gasteiger partial charge in [0.2, 0.25) is 0 Å². The molecule has 0 aliphatic rings. The third kappa shape index (κ3) is 4.22. The molecule has 21 heavy (non-hydrogen) atoms. The maximum absolute atomic E-state index is 10.9. The normalized spacial score (nSPS) is 11.4. The van der Waals surface area contributed by atoms with Crippen LogP contribution in [0, 0.1) is 0 Å². The Labute approximate surface area is 127 Å². The average Bonchev–Trinajstić information content (AvgIpc) is 2.88. The van der Waals surface area contributed by atoms with Crippen molar-refractivity contribution in [1.29, 1.82) is 0 Å². The topological polar surface area (TPSA) is 93.8 Å². The summed E-state index contributed by atoms with van der Waals surface area (Å²) in [6.45, 7) is 7.18. The molecule has 2 rings (SSSR count).